The number of nitrogens with one attached hydrogen (secondary N) is 2. The molecule has 7 nitrogen and oxygen atoms in total. The molecule has 1 amide bonds. The van der Waals surface area contributed by atoms with Crippen LogP contribution in [-0.4, -0.2) is 26.6 Å². The van der Waals surface area contributed by atoms with Gasteiger partial charge >= 0.3 is 6.09 Å². The first-order valence-corrected chi connectivity index (χ1v) is 8.46. The van der Waals surface area contributed by atoms with Gasteiger partial charge in [0.25, 0.3) is 0 Å². The fraction of sp³-hybridized carbons (Fsp3) is 0.105. The lowest BCUT2D eigenvalue weighted by Gasteiger charge is -2.10. The molecule has 1 heterocycles. The van der Waals surface area contributed by atoms with Crippen molar-refractivity contribution in [1.82, 2.24) is 14.9 Å². The fourth-order valence-electron chi connectivity index (χ4n) is 2.45. The molecule has 0 saturated carbocycles. The van der Waals surface area contributed by atoms with Crippen molar-refractivity contribution >= 4 is 23.6 Å². The van der Waals surface area contributed by atoms with Crippen LogP contribution in [0, 0.1) is 5.41 Å². The zero-order chi connectivity index (χ0) is 19.2. The van der Waals surface area contributed by atoms with E-state index in [9.17, 15) is 9.90 Å². The topological polar surface area (TPSA) is 100 Å². The van der Waals surface area contributed by atoms with Crippen LogP contribution in [-0.2, 0) is 17.8 Å². The average molecular weight is 385 g/mol. The molecule has 0 unspecified atom stereocenters. The summed E-state index contributed by atoms with van der Waals surface area (Å²) in [5, 5.41) is 20.7. The Kier molecular flexibility index (Phi) is 5.73. The van der Waals surface area contributed by atoms with Crippen LogP contribution in [0.5, 0.6) is 5.75 Å². The number of aromatic hydroxyl groups is 1. The van der Waals surface area contributed by atoms with Crippen LogP contribution in [0.2, 0.25) is 5.02 Å². The number of carbonyl (C=O) groups is 1. The van der Waals surface area contributed by atoms with Crippen molar-refractivity contribution in [3.8, 4) is 5.75 Å². The first-order chi connectivity index (χ1) is 13.0. The summed E-state index contributed by atoms with van der Waals surface area (Å²) in [7, 11) is 0. The Balaban J connectivity index is 1.58. The van der Waals surface area contributed by atoms with Gasteiger partial charge in [0.05, 0.1) is 6.33 Å². The van der Waals surface area contributed by atoms with Crippen molar-refractivity contribution in [2.24, 2.45) is 0 Å². The second-order valence-electron chi connectivity index (χ2n) is 5.78. The van der Waals surface area contributed by atoms with Crippen LogP contribution in [0.4, 0.5) is 4.79 Å². The number of amides is 1. The highest BCUT2D eigenvalue weighted by molar-refractivity contribution is 6.30. The van der Waals surface area contributed by atoms with Crippen molar-refractivity contribution in [2.45, 2.75) is 13.1 Å². The Hall–Kier alpha value is -3.32. The lowest BCUT2D eigenvalue weighted by atomic mass is 10.1. The highest BCUT2D eigenvalue weighted by Gasteiger charge is 2.11. The Morgan fingerprint density at radius 3 is 2.93 bits per heavy atom. The maximum Gasteiger partial charge on any atom is 0.414 e. The molecule has 3 aromatic rings. The van der Waals surface area contributed by atoms with Crippen molar-refractivity contribution < 1.29 is 14.6 Å². The minimum absolute atomic E-state index is 0.0157. The standard InChI is InChI=1S/C19H17ClN4O3/c20-16-4-5-17(25)15(9-16)10-23-19(26)27-18(21)14-3-1-2-13(8-14)11-24-7-6-22-12-24/h1-9,12,21,25H,10-11H2,(H,23,26). The molecule has 1 aromatic heterocycles. The van der Waals surface area contributed by atoms with E-state index in [4.69, 9.17) is 21.7 Å². The molecule has 0 saturated heterocycles. The number of nitrogens with zero attached hydrogens (tertiary/aromatic N) is 2. The van der Waals surface area contributed by atoms with Gasteiger partial charge in [-0.1, -0.05) is 23.7 Å². The van der Waals surface area contributed by atoms with Gasteiger partial charge in [-0.15, -0.1) is 0 Å². The van der Waals surface area contributed by atoms with Gasteiger partial charge in [-0.05, 0) is 35.9 Å². The summed E-state index contributed by atoms with van der Waals surface area (Å²) in [6.45, 7) is 0.626. The van der Waals surface area contributed by atoms with Gasteiger partial charge < -0.3 is 19.7 Å². The number of rotatable bonds is 5. The summed E-state index contributed by atoms with van der Waals surface area (Å²) >= 11 is 5.87. The summed E-state index contributed by atoms with van der Waals surface area (Å²) < 4.78 is 6.91. The number of imidazole rings is 1. The maximum absolute atomic E-state index is 11.9. The normalized spacial score (nSPS) is 10.4. The number of carbonyl (C=O) groups excluding carboxylic acids is 1. The van der Waals surface area contributed by atoms with E-state index in [1.54, 1.807) is 42.9 Å². The van der Waals surface area contributed by atoms with Gasteiger partial charge in [0.2, 0.25) is 5.90 Å². The quantitative estimate of drug-likeness (QED) is 0.462. The first kappa shape index (κ1) is 18.5. The number of benzene rings is 2. The third kappa shape index (κ3) is 5.08. The Bertz CT molecular complexity index is 957. The van der Waals surface area contributed by atoms with Gasteiger partial charge in [-0.3, -0.25) is 5.41 Å². The Morgan fingerprint density at radius 1 is 1.30 bits per heavy atom. The van der Waals surface area contributed by atoms with Crippen LogP contribution >= 0.6 is 11.6 Å². The molecule has 0 atom stereocenters. The highest BCUT2D eigenvalue weighted by Crippen LogP contribution is 2.21. The van der Waals surface area contributed by atoms with Gasteiger partial charge in [0.15, 0.2) is 0 Å². The molecule has 0 aliphatic rings. The lowest BCUT2D eigenvalue weighted by Crippen LogP contribution is -2.26. The Labute approximate surface area is 160 Å². The molecule has 3 N–H and O–H groups in total. The van der Waals surface area contributed by atoms with E-state index < -0.39 is 6.09 Å². The molecular weight excluding hydrogens is 368 g/mol. The van der Waals surface area contributed by atoms with Gasteiger partial charge in [-0.2, -0.15) is 0 Å². The van der Waals surface area contributed by atoms with Gasteiger partial charge in [0.1, 0.15) is 5.75 Å². The van der Waals surface area contributed by atoms with Crippen molar-refractivity contribution in [3.63, 3.8) is 0 Å². The SMILES string of the molecule is N=C(OC(=O)NCc1cc(Cl)ccc1O)c1cccc(Cn2ccnc2)c1. The van der Waals surface area contributed by atoms with Crippen molar-refractivity contribution in [3.05, 3.63) is 82.9 Å². The summed E-state index contributed by atoms with van der Waals surface area (Å²) in [4.78, 5) is 15.9. The van der Waals surface area contributed by atoms with Crippen LogP contribution in [0.15, 0.2) is 61.2 Å². The third-order valence-corrected chi connectivity index (χ3v) is 4.01. The van der Waals surface area contributed by atoms with E-state index in [1.165, 1.54) is 6.07 Å². The second-order valence-corrected chi connectivity index (χ2v) is 6.22. The molecule has 0 radical (unpaired) electrons. The maximum atomic E-state index is 11.9. The minimum Gasteiger partial charge on any atom is -0.508 e. The molecular formula is C19H17ClN4O3. The number of ether oxygens (including phenoxy) is 1. The van der Waals surface area contributed by atoms with E-state index >= 15 is 0 Å². The van der Waals surface area contributed by atoms with Crippen LogP contribution in [0.1, 0.15) is 16.7 Å². The predicted molar refractivity (Wildman–Crippen MR) is 101 cm³/mol. The largest absolute Gasteiger partial charge is 0.508 e. The third-order valence-electron chi connectivity index (χ3n) is 3.77. The smallest absolute Gasteiger partial charge is 0.414 e. The molecule has 0 aliphatic heterocycles. The van der Waals surface area contributed by atoms with E-state index in [2.05, 4.69) is 10.3 Å². The lowest BCUT2D eigenvalue weighted by molar-refractivity contribution is 0.196. The summed E-state index contributed by atoms with van der Waals surface area (Å²) in [6.07, 6.45) is 4.44. The van der Waals surface area contributed by atoms with Gasteiger partial charge in [-0.25, -0.2) is 9.78 Å². The number of halogens is 1. The van der Waals surface area contributed by atoms with E-state index in [0.717, 1.165) is 5.56 Å². The molecule has 138 valence electrons. The van der Waals surface area contributed by atoms with E-state index in [0.29, 0.717) is 22.7 Å². The number of hydrogen-bond acceptors (Lipinski definition) is 5. The zero-order valence-electron chi connectivity index (χ0n) is 14.2. The zero-order valence-corrected chi connectivity index (χ0v) is 15.0. The number of phenolic OH excluding ortho intramolecular Hbond substituents is 1. The number of aromatic nitrogens is 2. The number of alkyl carbamates (subject to hydrolysis) is 1. The first-order valence-electron chi connectivity index (χ1n) is 8.08. The van der Waals surface area contributed by atoms with E-state index in [1.807, 2.05) is 16.8 Å². The summed E-state index contributed by atoms with van der Waals surface area (Å²) in [6, 6.07) is 11.7. The van der Waals surface area contributed by atoms with Gasteiger partial charge in [0, 0.05) is 41.6 Å². The van der Waals surface area contributed by atoms with Crippen LogP contribution in [0.3, 0.4) is 0 Å². The average Bonchev–Trinajstić information content (AvgIpc) is 3.15. The van der Waals surface area contributed by atoms with E-state index in [-0.39, 0.29) is 18.2 Å². The Morgan fingerprint density at radius 2 is 2.15 bits per heavy atom. The molecule has 0 fully saturated rings. The van der Waals surface area contributed by atoms with Crippen LogP contribution < -0.4 is 5.32 Å². The minimum atomic E-state index is -0.792. The molecule has 27 heavy (non-hydrogen) atoms. The molecule has 0 spiro atoms. The molecule has 0 aliphatic carbocycles. The van der Waals surface area contributed by atoms with Crippen molar-refractivity contribution in [2.75, 3.05) is 0 Å². The second kappa shape index (κ2) is 8.37. The monoisotopic (exact) mass is 384 g/mol. The molecule has 8 heteroatoms. The fourth-order valence-corrected chi connectivity index (χ4v) is 2.65. The van der Waals surface area contributed by atoms with Crippen molar-refractivity contribution in [1.29, 1.82) is 5.41 Å². The molecule has 0 bridgehead atoms. The van der Waals surface area contributed by atoms with Crippen LogP contribution in [0.25, 0.3) is 0 Å². The summed E-state index contributed by atoms with van der Waals surface area (Å²) in [5.74, 6) is -0.253. The number of phenols is 1. The predicted octanol–water partition coefficient (Wildman–Crippen LogP) is 3.54. The number of hydrogen-bond donors (Lipinski definition) is 3. The highest BCUT2D eigenvalue weighted by atomic mass is 35.5. The summed E-state index contributed by atoms with van der Waals surface area (Å²) in [5.41, 5.74) is 1.88. The molecule has 2 aromatic carbocycles. The molecule has 3 rings (SSSR count).